The number of methoxy groups -OCH3 is 1. The van der Waals surface area contributed by atoms with Gasteiger partial charge in [0.05, 0.1) is 20.3 Å². The van der Waals surface area contributed by atoms with Gasteiger partial charge in [-0.15, -0.1) is 0 Å². The molecule has 2 amide bonds. The summed E-state index contributed by atoms with van der Waals surface area (Å²) < 4.78 is 11.8. The Morgan fingerprint density at radius 2 is 1.77 bits per heavy atom. The van der Waals surface area contributed by atoms with Crippen molar-refractivity contribution in [3.8, 4) is 5.75 Å². The maximum absolute atomic E-state index is 13.8. The number of anilines is 1. The zero-order valence-corrected chi connectivity index (χ0v) is 20.7. The van der Waals surface area contributed by atoms with Gasteiger partial charge in [-0.3, -0.25) is 19.2 Å². The van der Waals surface area contributed by atoms with Crippen LogP contribution in [0.4, 0.5) is 5.69 Å². The van der Waals surface area contributed by atoms with E-state index in [4.69, 9.17) is 9.47 Å². The minimum Gasteiger partial charge on any atom is -0.497 e. The molecule has 2 aromatic rings. The summed E-state index contributed by atoms with van der Waals surface area (Å²) in [7, 11) is 1.57. The number of hydrogen-bond acceptors (Lipinski definition) is 6. The molecule has 1 aliphatic heterocycles. The van der Waals surface area contributed by atoms with Crippen molar-refractivity contribution >= 4 is 23.5 Å². The van der Waals surface area contributed by atoms with E-state index in [-0.39, 0.29) is 36.5 Å². The third-order valence-electron chi connectivity index (χ3n) is 6.90. The zero-order chi connectivity index (χ0) is 25.0. The average Bonchev–Trinajstić information content (AvgIpc) is 3.25. The number of aromatic nitrogens is 2. The topological polar surface area (TPSA) is 103 Å². The van der Waals surface area contributed by atoms with Gasteiger partial charge in [-0.2, -0.15) is 5.10 Å². The first kappa shape index (κ1) is 24.8. The largest absolute Gasteiger partial charge is 0.497 e. The summed E-state index contributed by atoms with van der Waals surface area (Å²) in [4.78, 5) is 41.4. The van der Waals surface area contributed by atoms with Crippen LogP contribution >= 0.6 is 0 Å². The summed E-state index contributed by atoms with van der Waals surface area (Å²) in [6.45, 7) is 3.77. The van der Waals surface area contributed by atoms with Gasteiger partial charge >= 0.3 is 5.97 Å². The van der Waals surface area contributed by atoms with Gasteiger partial charge < -0.3 is 14.8 Å². The van der Waals surface area contributed by atoms with Crippen LogP contribution in [0, 0.1) is 0 Å². The fourth-order valence-electron chi connectivity index (χ4n) is 4.96. The molecule has 188 valence electrons. The highest BCUT2D eigenvalue weighted by Crippen LogP contribution is 2.34. The van der Waals surface area contributed by atoms with Crippen LogP contribution in [-0.2, 0) is 16.1 Å². The van der Waals surface area contributed by atoms with Crippen LogP contribution in [0.15, 0.2) is 30.3 Å². The maximum atomic E-state index is 13.8. The van der Waals surface area contributed by atoms with Gasteiger partial charge in [0.1, 0.15) is 17.0 Å². The summed E-state index contributed by atoms with van der Waals surface area (Å²) >= 11 is 0. The molecule has 1 aromatic carbocycles. The summed E-state index contributed by atoms with van der Waals surface area (Å²) in [5, 5.41) is 7.55. The van der Waals surface area contributed by atoms with Crippen LogP contribution in [0.3, 0.4) is 0 Å². The molecule has 9 heteroatoms. The molecule has 35 heavy (non-hydrogen) atoms. The Morgan fingerprint density at radius 1 is 1.11 bits per heavy atom. The Kier molecular flexibility index (Phi) is 7.42. The van der Waals surface area contributed by atoms with Crippen molar-refractivity contribution in [1.29, 1.82) is 0 Å². The second kappa shape index (κ2) is 10.5. The van der Waals surface area contributed by atoms with Crippen molar-refractivity contribution in [2.45, 2.75) is 76.9 Å². The first-order valence-electron chi connectivity index (χ1n) is 12.4. The Hall–Kier alpha value is -3.36. The highest BCUT2D eigenvalue weighted by molar-refractivity contribution is 6.12. The normalized spacial score (nSPS) is 21.0. The lowest BCUT2D eigenvalue weighted by Crippen LogP contribution is -2.65. The second-order valence-corrected chi connectivity index (χ2v) is 9.42. The molecule has 2 aliphatic rings. The molecule has 1 saturated carbocycles. The number of ether oxygens (including phenoxy) is 2. The molecule has 0 bridgehead atoms. The lowest BCUT2D eigenvalue weighted by atomic mass is 9.91. The van der Waals surface area contributed by atoms with E-state index in [1.165, 1.54) is 34.9 Å². The highest BCUT2D eigenvalue weighted by Gasteiger charge is 2.49. The van der Waals surface area contributed by atoms with E-state index in [1.54, 1.807) is 45.2 Å². The van der Waals surface area contributed by atoms with Gasteiger partial charge in [0.25, 0.3) is 5.91 Å². The van der Waals surface area contributed by atoms with E-state index in [2.05, 4.69) is 10.4 Å². The molecular weight excluding hydrogens is 448 g/mol. The number of nitrogens with one attached hydrogen (secondary N) is 1. The fourth-order valence-corrected chi connectivity index (χ4v) is 4.96. The van der Waals surface area contributed by atoms with Crippen LogP contribution in [0.2, 0.25) is 0 Å². The molecule has 1 aliphatic carbocycles. The number of carbonyl (C=O) groups excluding carboxylic acids is 3. The van der Waals surface area contributed by atoms with Gasteiger partial charge in [-0.1, -0.05) is 32.1 Å². The molecule has 1 fully saturated rings. The number of hydrogen-bond donors (Lipinski definition) is 1. The van der Waals surface area contributed by atoms with Crippen molar-refractivity contribution in [2.75, 3.05) is 18.6 Å². The average molecular weight is 483 g/mol. The lowest BCUT2D eigenvalue weighted by molar-refractivity contribution is -0.127. The zero-order valence-electron chi connectivity index (χ0n) is 20.7. The number of esters is 1. The standard InChI is InChI=1S/C26H34N4O5/c1-4-35-24(32)21-16-22-23(31)30(19-12-14-20(34-3)15-13-19)26(2,17-29(22)28-21)25(33)27-18-10-8-6-5-7-9-11-18/h12-16,18H,4-11,17H2,1-3H3,(H,27,33). The summed E-state index contributed by atoms with van der Waals surface area (Å²) in [5.74, 6) is -0.585. The van der Waals surface area contributed by atoms with Crippen molar-refractivity contribution < 1.29 is 23.9 Å². The van der Waals surface area contributed by atoms with Crippen molar-refractivity contribution in [1.82, 2.24) is 15.1 Å². The predicted octanol–water partition coefficient (Wildman–Crippen LogP) is 3.72. The second-order valence-electron chi connectivity index (χ2n) is 9.42. The van der Waals surface area contributed by atoms with Crippen LogP contribution in [0.25, 0.3) is 0 Å². The Labute approximate surface area is 205 Å². The Bertz CT molecular complexity index is 1070. The SMILES string of the molecule is CCOC(=O)c1cc2n(n1)CC(C)(C(=O)NC1CCCCCCC1)N(c1ccc(OC)cc1)C2=O. The first-order valence-corrected chi connectivity index (χ1v) is 12.4. The van der Waals surface area contributed by atoms with E-state index in [0.29, 0.717) is 11.4 Å². The Balaban J connectivity index is 1.70. The third kappa shape index (κ3) is 5.04. The van der Waals surface area contributed by atoms with Crippen molar-refractivity contribution in [2.24, 2.45) is 0 Å². The van der Waals surface area contributed by atoms with E-state index < -0.39 is 17.4 Å². The molecule has 0 spiro atoms. The molecule has 2 heterocycles. The van der Waals surface area contributed by atoms with E-state index >= 15 is 0 Å². The fraction of sp³-hybridized carbons (Fsp3) is 0.538. The van der Waals surface area contributed by atoms with Crippen molar-refractivity contribution in [3.63, 3.8) is 0 Å². The maximum Gasteiger partial charge on any atom is 0.358 e. The smallest absolute Gasteiger partial charge is 0.358 e. The van der Waals surface area contributed by atoms with Crippen LogP contribution in [0.1, 0.15) is 79.8 Å². The molecule has 4 rings (SSSR count). The molecule has 1 unspecified atom stereocenters. The number of nitrogens with zero attached hydrogens (tertiary/aromatic N) is 3. The first-order chi connectivity index (χ1) is 16.9. The summed E-state index contributed by atoms with van der Waals surface area (Å²) in [6.07, 6.45) is 7.60. The van der Waals surface area contributed by atoms with E-state index in [1.807, 2.05) is 0 Å². The third-order valence-corrected chi connectivity index (χ3v) is 6.90. The van der Waals surface area contributed by atoms with Crippen LogP contribution < -0.4 is 15.0 Å². The predicted molar refractivity (Wildman–Crippen MR) is 131 cm³/mol. The quantitative estimate of drug-likeness (QED) is 0.630. The number of amides is 2. The monoisotopic (exact) mass is 482 g/mol. The van der Waals surface area contributed by atoms with Gasteiger partial charge in [0.2, 0.25) is 5.91 Å². The van der Waals surface area contributed by atoms with Gasteiger partial charge in [-0.25, -0.2) is 4.79 Å². The van der Waals surface area contributed by atoms with Crippen LogP contribution in [-0.4, -0.2) is 52.9 Å². The molecule has 1 aromatic heterocycles. The number of carbonyl (C=O) groups is 3. The van der Waals surface area contributed by atoms with Crippen LogP contribution in [0.5, 0.6) is 5.75 Å². The number of rotatable bonds is 6. The minimum absolute atomic E-state index is 0.0505. The molecule has 9 nitrogen and oxygen atoms in total. The van der Waals surface area contributed by atoms with E-state index in [9.17, 15) is 14.4 Å². The molecule has 1 N–H and O–H groups in total. The molecule has 0 saturated heterocycles. The van der Waals surface area contributed by atoms with Gasteiger partial charge in [-0.05, 0) is 51.0 Å². The summed E-state index contributed by atoms with van der Waals surface area (Å²) in [6, 6.07) is 8.54. The van der Waals surface area contributed by atoms with Crippen molar-refractivity contribution in [3.05, 3.63) is 41.7 Å². The van der Waals surface area contributed by atoms with Gasteiger partial charge in [0.15, 0.2) is 5.69 Å². The Morgan fingerprint density at radius 3 is 2.40 bits per heavy atom. The van der Waals surface area contributed by atoms with E-state index in [0.717, 1.165) is 25.7 Å². The molecular formula is C26H34N4O5. The summed E-state index contributed by atoms with van der Waals surface area (Å²) in [5.41, 5.74) is -0.398. The molecule has 0 radical (unpaired) electrons. The minimum atomic E-state index is -1.25. The number of fused-ring (bicyclic) bond motifs is 1. The lowest BCUT2D eigenvalue weighted by Gasteiger charge is -2.43. The number of benzene rings is 1. The highest BCUT2D eigenvalue weighted by atomic mass is 16.5. The van der Waals surface area contributed by atoms with Gasteiger partial charge in [0, 0.05) is 17.8 Å². The molecule has 1 atom stereocenters.